The maximum Gasteiger partial charge on any atom is 0.327 e. The maximum atomic E-state index is 9.25. The van der Waals surface area contributed by atoms with E-state index in [1.807, 2.05) is 0 Å². The third-order valence-corrected chi connectivity index (χ3v) is 0.175. The monoisotopic (exact) mass is 135 g/mol. The number of rotatable bonds is 1. The van der Waals surface area contributed by atoms with Crippen LogP contribution >= 0.6 is 0 Å². The summed E-state index contributed by atoms with van der Waals surface area (Å²) in [5.74, 6) is -0.981. The first-order valence-electron chi connectivity index (χ1n) is 1.62. The summed E-state index contributed by atoms with van der Waals surface area (Å²) in [6.45, 7) is 2.71. The number of hydrogen-bond donors (Lipinski definition) is 3. The first-order valence-corrected chi connectivity index (χ1v) is 1.62. The molecular formula is C4H9NO4. The van der Waals surface area contributed by atoms with Gasteiger partial charge in [0.15, 0.2) is 0 Å². The van der Waals surface area contributed by atoms with Crippen LogP contribution in [0.3, 0.4) is 0 Å². The summed E-state index contributed by atoms with van der Waals surface area (Å²) >= 11 is 0. The Hall–Kier alpha value is -1.36. The lowest BCUT2D eigenvalue weighted by atomic mass is 10.7. The molecule has 0 amide bonds. The van der Waals surface area contributed by atoms with Crippen LogP contribution in [0.4, 0.5) is 0 Å². The summed E-state index contributed by atoms with van der Waals surface area (Å²) in [5, 5.41) is 14.5. The lowest BCUT2D eigenvalue weighted by molar-refractivity contribution is -0.131. The van der Waals surface area contributed by atoms with Crippen molar-refractivity contribution in [1.82, 2.24) is 6.15 Å². The highest BCUT2D eigenvalue weighted by atomic mass is 16.4. The molecular weight excluding hydrogens is 126 g/mol. The fourth-order valence-corrected chi connectivity index (χ4v) is 0. The molecule has 0 unspecified atom stereocenters. The van der Waals surface area contributed by atoms with Crippen LogP contribution in [-0.4, -0.2) is 22.7 Å². The average molecular weight is 135 g/mol. The molecule has 0 fully saturated rings. The van der Waals surface area contributed by atoms with Gasteiger partial charge in [-0.2, -0.15) is 0 Å². The number of hydrogen-bond acceptors (Lipinski definition) is 3. The van der Waals surface area contributed by atoms with E-state index in [9.17, 15) is 4.79 Å². The van der Waals surface area contributed by atoms with Gasteiger partial charge in [-0.25, -0.2) is 4.79 Å². The van der Waals surface area contributed by atoms with E-state index in [1.54, 1.807) is 0 Å². The van der Waals surface area contributed by atoms with Crippen LogP contribution in [0.25, 0.3) is 0 Å². The van der Waals surface area contributed by atoms with E-state index < -0.39 is 5.97 Å². The molecule has 0 aromatic heterocycles. The van der Waals surface area contributed by atoms with Crippen LogP contribution in [0.5, 0.6) is 0 Å². The predicted molar refractivity (Wildman–Crippen MR) is 31.5 cm³/mol. The molecule has 0 aliphatic carbocycles. The zero-order valence-electron chi connectivity index (χ0n) is 4.78. The Labute approximate surface area is 52.2 Å². The van der Waals surface area contributed by atoms with Crippen molar-refractivity contribution in [3.63, 3.8) is 0 Å². The minimum absolute atomic E-state index is 0. The van der Waals surface area contributed by atoms with Crippen molar-refractivity contribution in [3.8, 4) is 0 Å². The molecule has 0 aromatic carbocycles. The van der Waals surface area contributed by atoms with E-state index in [0.29, 0.717) is 0 Å². The summed E-state index contributed by atoms with van der Waals surface area (Å²) in [5.41, 5.74) is 0. The minimum Gasteiger partial charge on any atom is -0.483 e. The van der Waals surface area contributed by atoms with Crippen LogP contribution in [0, 0.1) is 0 Å². The summed E-state index contributed by atoms with van der Waals surface area (Å²) < 4.78 is 0. The normalized spacial score (nSPS) is 4.89. The van der Waals surface area contributed by atoms with Gasteiger partial charge in [0.25, 0.3) is 6.47 Å². The van der Waals surface area contributed by atoms with Gasteiger partial charge in [0.05, 0.1) is 0 Å². The standard InChI is InChI=1S/C3H4O2.CH2O2.H3N/c1-2-3(4)5;2-1-3;/h2H,1H2,(H,4,5);1H,(H,2,3);1H3. The van der Waals surface area contributed by atoms with Gasteiger partial charge in [0.2, 0.25) is 0 Å². The Morgan fingerprint density at radius 1 is 1.56 bits per heavy atom. The Balaban J connectivity index is -0.0000000800. The van der Waals surface area contributed by atoms with Crippen LogP contribution in [0.1, 0.15) is 0 Å². The van der Waals surface area contributed by atoms with Gasteiger partial charge in [0.1, 0.15) is 0 Å². The topological polar surface area (TPSA) is 110 Å². The molecule has 5 heteroatoms. The second-order valence-corrected chi connectivity index (χ2v) is 0.648. The van der Waals surface area contributed by atoms with Crippen LogP contribution < -0.4 is 6.15 Å². The third-order valence-electron chi connectivity index (χ3n) is 0.175. The fourth-order valence-electron chi connectivity index (χ4n) is 0. The largest absolute Gasteiger partial charge is 0.483 e. The quantitative estimate of drug-likeness (QED) is 0.349. The Bertz CT molecular complexity index is 90.6. The first-order chi connectivity index (χ1) is 3.68. The first kappa shape index (κ1) is 15.6. The smallest absolute Gasteiger partial charge is 0.327 e. The summed E-state index contributed by atoms with van der Waals surface area (Å²) in [7, 11) is 0. The molecule has 0 aromatic rings. The minimum atomic E-state index is -0.981. The molecule has 9 heavy (non-hydrogen) atoms. The van der Waals surface area contributed by atoms with Gasteiger partial charge in [-0.15, -0.1) is 0 Å². The second kappa shape index (κ2) is 15.9. The zero-order valence-corrected chi connectivity index (χ0v) is 4.78. The Kier molecular flexibility index (Phi) is 27.7. The van der Waals surface area contributed by atoms with Gasteiger partial charge >= 0.3 is 5.97 Å². The molecule has 0 aliphatic heterocycles. The molecule has 0 radical (unpaired) electrons. The van der Waals surface area contributed by atoms with E-state index in [1.165, 1.54) is 0 Å². The molecule has 0 saturated heterocycles. The van der Waals surface area contributed by atoms with Crippen LogP contribution in [-0.2, 0) is 9.59 Å². The van der Waals surface area contributed by atoms with Crippen LogP contribution in [0.15, 0.2) is 12.7 Å². The maximum absolute atomic E-state index is 9.25. The van der Waals surface area contributed by atoms with Crippen molar-refractivity contribution < 1.29 is 19.8 Å². The SMILES string of the molecule is C=CC(=O)O.N.O=CO. The predicted octanol–water partition coefficient (Wildman–Crippen LogP) is 0.120. The van der Waals surface area contributed by atoms with E-state index in [-0.39, 0.29) is 12.6 Å². The highest BCUT2D eigenvalue weighted by Crippen LogP contribution is 1.54. The number of carbonyl (C=O) groups is 2. The molecule has 0 saturated carbocycles. The summed E-state index contributed by atoms with van der Waals surface area (Å²) in [6.07, 6.45) is 0.833. The summed E-state index contributed by atoms with van der Waals surface area (Å²) in [4.78, 5) is 17.6. The van der Waals surface area contributed by atoms with Gasteiger partial charge in [0, 0.05) is 6.08 Å². The molecule has 0 spiro atoms. The van der Waals surface area contributed by atoms with E-state index in [0.717, 1.165) is 6.08 Å². The second-order valence-electron chi connectivity index (χ2n) is 0.648. The lowest BCUT2D eigenvalue weighted by Gasteiger charge is -1.64. The molecule has 0 atom stereocenters. The van der Waals surface area contributed by atoms with Crippen molar-refractivity contribution in [2.45, 2.75) is 0 Å². The van der Waals surface area contributed by atoms with E-state index in [2.05, 4.69) is 6.58 Å². The van der Waals surface area contributed by atoms with Crippen molar-refractivity contribution >= 4 is 12.4 Å². The third kappa shape index (κ3) is 349. The van der Waals surface area contributed by atoms with Crippen LogP contribution in [0.2, 0.25) is 0 Å². The van der Waals surface area contributed by atoms with Crippen molar-refractivity contribution in [2.75, 3.05) is 0 Å². The van der Waals surface area contributed by atoms with Gasteiger partial charge in [-0.3, -0.25) is 4.79 Å². The van der Waals surface area contributed by atoms with Crippen molar-refractivity contribution in [1.29, 1.82) is 0 Å². The average Bonchev–Trinajstić information content (AvgIpc) is 1.69. The van der Waals surface area contributed by atoms with E-state index in [4.69, 9.17) is 15.0 Å². The summed E-state index contributed by atoms with van der Waals surface area (Å²) in [6, 6.07) is 0. The van der Waals surface area contributed by atoms with Crippen molar-refractivity contribution in [3.05, 3.63) is 12.7 Å². The van der Waals surface area contributed by atoms with E-state index >= 15 is 0 Å². The molecule has 0 bridgehead atoms. The van der Waals surface area contributed by atoms with Crippen molar-refractivity contribution in [2.24, 2.45) is 0 Å². The van der Waals surface area contributed by atoms with Gasteiger partial charge in [-0.05, 0) is 0 Å². The number of aliphatic carboxylic acids is 1. The zero-order chi connectivity index (χ0) is 6.99. The Morgan fingerprint density at radius 2 is 1.67 bits per heavy atom. The fraction of sp³-hybridized carbons (Fsp3) is 0. The lowest BCUT2D eigenvalue weighted by Crippen LogP contribution is -1.82. The molecule has 0 heterocycles. The number of carboxylic acid groups (broad SMARTS) is 2. The Morgan fingerprint density at radius 3 is 1.67 bits per heavy atom. The molecule has 54 valence electrons. The molecule has 0 aliphatic rings. The highest BCUT2D eigenvalue weighted by molar-refractivity contribution is 5.78. The molecule has 5 nitrogen and oxygen atoms in total. The number of carboxylic acids is 1. The van der Waals surface area contributed by atoms with Gasteiger partial charge < -0.3 is 16.4 Å². The van der Waals surface area contributed by atoms with Gasteiger partial charge in [-0.1, -0.05) is 6.58 Å². The highest BCUT2D eigenvalue weighted by Gasteiger charge is 1.73. The molecule has 0 rings (SSSR count). The molecule has 5 N–H and O–H groups in total.